The van der Waals surface area contributed by atoms with Gasteiger partial charge in [0.05, 0.1) is 6.61 Å². The molecular weight excluding hydrogens is 424 g/mol. The Hall–Kier alpha value is -3.52. The first-order valence-electron chi connectivity index (χ1n) is 11.2. The van der Waals surface area contributed by atoms with E-state index in [0.717, 1.165) is 10.9 Å². The molecule has 3 heterocycles. The van der Waals surface area contributed by atoms with Crippen LogP contribution in [0.15, 0.2) is 46.9 Å². The van der Waals surface area contributed by atoms with Crippen molar-refractivity contribution in [1.29, 1.82) is 0 Å². The van der Waals surface area contributed by atoms with E-state index in [4.69, 9.17) is 18.6 Å². The van der Waals surface area contributed by atoms with Crippen LogP contribution in [0.2, 0.25) is 0 Å². The molecule has 0 saturated carbocycles. The van der Waals surface area contributed by atoms with Crippen molar-refractivity contribution in [2.75, 3.05) is 31.8 Å². The third-order valence-electron chi connectivity index (χ3n) is 6.14. The van der Waals surface area contributed by atoms with Gasteiger partial charge in [0.2, 0.25) is 12.7 Å². The molecule has 2 aromatic carbocycles. The maximum Gasteiger partial charge on any atom is 0.289 e. The van der Waals surface area contributed by atoms with Gasteiger partial charge in [-0.25, -0.2) is 0 Å². The molecule has 0 unspecified atom stereocenters. The number of hydrogen-bond acceptors (Lipinski definition) is 6. The highest BCUT2D eigenvalue weighted by molar-refractivity contribution is 5.99. The van der Waals surface area contributed by atoms with Crippen molar-refractivity contribution in [2.45, 2.75) is 26.4 Å². The zero-order valence-corrected chi connectivity index (χ0v) is 18.5. The number of anilines is 1. The lowest BCUT2D eigenvalue weighted by Crippen LogP contribution is -2.41. The van der Waals surface area contributed by atoms with Crippen LogP contribution >= 0.6 is 0 Å². The Morgan fingerprint density at radius 3 is 2.70 bits per heavy atom. The highest BCUT2D eigenvalue weighted by atomic mass is 16.7. The van der Waals surface area contributed by atoms with Crippen LogP contribution in [0.4, 0.5) is 5.69 Å². The molecule has 1 fully saturated rings. The number of piperidine rings is 1. The number of fused-ring (bicyclic) bond motifs is 2. The fourth-order valence-electron chi connectivity index (χ4n) is 4.33. The van der Waals surface area contributed by atoms with Gasteiger partial charge in [-0.3, -0.25) is 9.59 Å². The number of amides is 2. The fraction of sp³-hybridized carbons (Fsp3) is 0.360. The van der Waals surface area contributed by atoms with Gasteiger partial charge in [-0.15, -0.1) is 0 Å². The van der Waals surface area contributed by atoms with Crippen molar-refractivity contribution in [3.8, 4) is 11.5 Å². The van der Waals surface area contributed by atoms with Crippen LogP contribution in [0, 0.1) is 5.92 Å². The summed E-state index contributed by atoms with van der Waals surface area (Å²) in [7, 11) is 0. The summed E-state index contributed by atoms with van der Waals surface area (Å²) in [6.07, 6.45) is 1.17. The minimum absolute atomic E-state index is 0.0539. The van der Waals surface area contributed by atoms with E-state index < -0.39 is 0 Å². The van der Waals surface area contributed by atoms with Crippen molar-refractivity contribution in [3.63, 3.8) is 0 Å². The number of ether oxygens (including phenoxy) is 3. The number of rotatable bonds is 6. The lowest BCUT2D eigenvalue weighted by molar-refractivity contribution is -0.121. The molecule has 2 aliphatic rings. The Morgan fingerprint density at radius 2 is 1.88 bits per heavy atom. The maximum absolute atomic E-state index is 13.3. The number of nitrogens with one attached hydrogen (secondary N) is 1. The predicted molar refractivity (Wildman–Crippen MR) is 121 cm³/mol. The first-order valence-corrected chi connectivity index (χ1v) is 11.2. The monoisotopic (exact) mass is 450 g/mol. The zero-order valence-electron chi connectivity index (χ0n) is 18.5. The molecule has 1 saturated heterocycles. The van der Waals surface area contributed by atoms with Gasteiger partial charge in [0.25, 0.3) is 5.91 Å². The van der Waals surface area contributed by atoms with Gasteiger partial charge in [-0.1, -0.05) is 18.2 Å². The van der Waals surface area contributed by atoms with Crippen molar-refractivity contribution >= 4 is 28.5 Å². The molecule has 2 aliphatic heterocycles. The Morgan fingerprint density at radius 1 is 1.09 bits per heavy atom. The third-order valence-corrected chi connectivity index (χ3v) is 6.14. The quantitative estimate of drug-likeness (QED) is 0.606. The molecule has 0 aliphatic carbocycles. The molecule has 0 bridgehead atoms. The minimum atomic E-state index is -0.168. The molecule has 0 radical (unpaired) electrons. The van der Waals surface area contributed by atoms with E-state index in [2.05, 4.69) is 5.32 Å². The molecule has 0 spiro atoms. The molecule has 2 amide bonds. The summed E-state index contributed by atoms with van der Waals surface area (Å²) in [5.74, 6) is 1.25. The van der Waals surface area contributed by atoms with Gasteiger partial charge in [-0.2, -0.15) is 0 Å². The van der Waals surface area contributed by atoms with E-state index >= 15 is 0 Å². The van der Waals surface area contributed by atoms with Crippen molar-refractivity contribution in [3.05, 3.63) is 53.8 Å². The third kappa shape index (κ3) is 4.26. The maximum atomic E-state index is 13.3. The first kappa shape index (κ1) is 21.3. The van der Waals surface area contributed by atoms with E-state index in [-0.39, 0.29) is 24.5 Å². The van der Waals surface area contributed by atoms with Crippen LogP contribution in [0.1, 0.15) is 35.9 Å². The average molecular weight is 450 g/mol. The molecular formula is C25H26N2O6. The van der Waals surface area contributed by atoms with E-state index in [1.165, 1.54) is 0 Å². The summed E-state index contributed by atoms with van der Waals surface area (Å²) in [5.41, 5.74) is 2.12. The van der Waals surface area contributed by atoms with Crippen molar-refractivity contribution in [1.82, 2.24) is 4.90 Å². The second kappa shape index (κ2) is 9.15. The number of hydrogen-bond donors (Lipinski definition) is 1. The second-order valence-corrected chi connectivity index (χ2v) is 8.17. The molecule has 3 aromatic rings. The summed E-state index contributed by atoms with van der Waals surface area (Å²) in [6.45, 7) is 3.96. The molecule has 1 aromatic heterocycles. The molecule has 8 nitrogen and oxygen atoms in total. The van der Waals surface area contributed by atoms with Crippen LogP contribution in [-0.4, -0.2) is 43.2 Å². The van der Waals surface area contributed by atoms with E-state index in [1.807, 2.05) is 31.2 Å². The molecule has 5 rings (SSSR count). The number of nitrogens with zero attached hydrogens (tertiary/aromatic N) is 1. The van der Waals surface area contributed by atoms with E-state index in [1.54, 1.807) is 23.1 Å². The standard InChI is InChI=1S/C25H26N2O6/c1-2-30-14-19-18-5-3-4-6-20(18)33-23(19)25(29)27-11-9-16(10-12-27)24(28)26-17-7-8-21-22(13-17)32-15-31-21/h3-8,13,16H,2,9-12,14-15H2,1H3,(H,26,28). The van der Waals surface area contributed by atoms with Crippen LogP contribution < -0.4 is 14.8 Å². The Kier molecular flexibility index (Phi) is 5.92. The van der Waals surface area contributed by atoms with Crippen LogP contribution in [0.25, 0.3) is 11.0 Å². The van der Waals surface area contributed by atoms with Gasteiger partial charge in [0, 0.05) is 48.3 Å². The predicted octanol–water partition coefficient (Wildman–Crippen LogP) is 4.19. The number of benzene rings is 2. The highest BCUT2D eigenvalue weighted by Gasteiger charge is 2.31. The number of likely N-dealkylation sites (tertiary alicyclic amines) is 1. The van der Waals surface area contributed by atoms with Gasteiger partial charge in [-0.05, 0) is 38.0 Å². The largest absolute Gasteiger partial charge is 0.454 e. The van der Waals surface area contributed by atoms with Gasteiger partial charge < -0.3 is 28.8 Å². The Labute approximate surface area is 191 Å². The molecule has 8 heteroatoms. The number of carbonyl (C=O) groups is 2. The summed E-state index contributed by atoms with van der Waals surface area (Å²) in [6, 6.07) is 12.9. The van der Waals surface area contributed by atoms with E-state index in [9.17, 15) is 9.59 Å². The lowest BCUT2D eigenvalue weighted by atomic mass is 9.95. The normalized spacial score (nSPS) is 15.7. The number of furan rings is 1. The summed E-state index contributed by atoms with van der Waals surface area (Å²) >= 11 is 0. The Bertz CT molecular complexity index is 1180. The highest BCUT2D eigenvalue weighted by Crippen LogP contribution is 2.35. The average Bonchev–Trinajstić information content (AvgIpc) is 3.46. The fourth-order valence-corrected chi connectivity index (χ4v) is 4.33. The molecule has 33 heavy (non-hydrogen) atoms. The summed E-state index contributed by atoms with van der Waals surface area (Å²) in [4.78, 5) is 27.8. The SMILES string of the molecule is CCOCc1c(C(=O)N2CCC(C(=O)Nc3ccc4c(c3)OCO4)CC2)oc2ccccc12. The number of para-hydroxylation sites is 1. The van der Waals surface area contributed by atoms with Gasteiger partial charge >= 0.3 is 0 Å². The van der Waals surface area contributed by atoms with Crippen molar-refractivity contribution < 1.29 is 28.2 Å². The minimum Gasteiger partial charge on any atom is -0.454 e. The zero-order chi connectivity index (χ0) is 22.8. The molecule has 0 atom stereocenters. The molecule has 172 valence electrons. The Balaban J connectivity index is 1.24. The van der Waals surface area contributed by atoms with Crippen molar-refractivity contribution in [2.24, 2.45) is 5.92 Å². The van der Waals surface area contributed by atoms with Crippen LogP contribution in [0.5, 0.6) is 11.5 Å². The topological polar surface area (TPSA) is 90.2 Å². The van der Waals surface area contributed by atoms with Gasteiger partial charge in [0.15, 0.2) is 17.3 Å². The van der Waals surface area contributed by atoms with E-state index in [0.29, 0.717) is 67.7 Å². The smallest absolute Gasteiger partial charge is 0.289 e. The summed E-state index contributed by atoms with van der Waals surface area (Å²) < 4.78 is 22.2. The second-order valence-electron chi connectivity index (χ2n) is 8.17. The number of carbonyl (C=O) groups excluding carboxylic acids is 2. The van der Waals surface area contributed by atoms with Gasteiger partial charge in [0.1, 0.15) is 5.58 Å². The molecule has 1 N–H and O–H groups in total. The summed E-state index contributed by atoms with van der Waals surface area (Å²) in [5, 5.41) is 3.85. The van der Waals surface area contributed by atoms with Crippen LogP contribution in [-0.2, 0) is 16.1 Å². The van der Waals surface area contributed by atoms with Crippen LogP contribution in [0.3, 0.4) is 0 Å². The lowest BCUT2D eigenvalue weighted by Gasteiger charge is -2.31. The first-order chi connectivity index (χ1) is 16.1.